The van der Waals surface area contributed by atoms with E-state index in [1.54, 1.807) is 12.4 Å². The molecule has 0 aliphatic carbocycles. The fourth-order valence-electron chi connectivity index (χ4n) is 3.16. The van der Waals surface area contributed by atoms with Gasteiger partial charge in [0.1, 0.15) is 5.82 Å². The molecule has 2 N–H and O–H groups in total. The zero-order chi connectivity index (χ0) is 13.1. The van der Waals surface area contributed by atoms with Gasteiger partial charge < -0.3 is 15.2 Å². The molecule has 1 spiro atoms. The van der Waals surface area contributed by atoms with E-state index < -0.39 is 0 Å². The monoisotopic (exact) mass is 263 g/mol. The van der Waals surface area contributed by atoms with Crippen molar-refractivity contribution in [1.29, 1.82) is 0 Å². The van der Waals surface area contributed by atoms with Crippen molar-refractivity contribution in [3.8, 4) is 0 Å². The molecule has 104 valence electrons. The summed E-state index contributed by atoms with van der Waals surface area (Å²) >= 11 is 0. The van der Waals surface area contributed by atoms with Crippen LogP contribution in [-0.2, 0) is 9.47 Å². The lowest BCUT2D eigenvalue weighted by Crippen LogP contribution is -2.46. The van der Waals surface area contributed by atoms with Crippen molar-refractivity contribution < 1.29 is 9.47 Å². The lowest BCUT2D eigenvalue weighted by atomic mass is 9.78. The Labute approximate surface area is 113 Å². The van der Waals surface area contributed by atoms with Crippen molar-refractivity contribution in [3.63, 3.8) is 0 Å². The van der Waals surface area contributed by atoms with Gasteiger partial charge in [-0.05, 0) is 37.7 Å². The van der Waals surface area contributed by atoms with Crippen LogP contribution in [0.5, 0.6) is 0 Å². The van der Waals surface area contributed by atoms with Crippen LogP contribution in [0, 0.1) is 5.92 Å². The molecule has 1 aromatic rings. The minimum absolute atomic E-state index is 0.0203. The van der Waals surface area contributed by atoms with Gasteiger partial charge in [0.15, 0.2) is 0 Å². The van der Waals surface area contributed by atoms with Crippen LogP contribution in [0.4, 0.5) is 0 Å². The molecule has 2 saturated heterocycles. The van der Waals surface area contributed by atoms with Crippen LogP contribution in [0.2, 0.25) is 0 Å². The van der Waals surface area contributed by atoms with Gasteiger partial charge in [0.2, 0.25) is 0 Å². The number of hydrogen-bond acceptors (Lipinski definition) is 5. The zero-order valence-electron chi connectivity index (χ0n) is 11.1. The predicted molar refractivity (Wildman–Crippen MR) is 70.4 cm³/mol. The molecule has 2 unspecified atom stereocenters. The predicted octanol–water partition coefficient (Wildman–Crippen LogP) is 1.45. The summed E-state index contributed by atoms with van der Waals surface area (Å²) in [5.74, 6) is 1.14. The van der Waals surface area contributed by atoms with Crippen LogP contribution in [0.3, 0.4) is 0 Å². The molecule has 0 aromatic carbocycles. The largest absolute Gasteiger partial charge is 0.381 e. The SMILES string of the molecule is NC(c1ncccn1)C1CCOC2(CCOCC2)C1. The van der Waals surface area contributed by atoms with Crippen molar-refractivity contribution in [2.45, 2.75) is 37.3 Å². The van der Waals surface area contributed by atoms with E-state index in [0.29, 0.717) is 5.92 Å². The van der Waals surface area contributed by atoms with Gasteiger partial charge in [-0.3, -0.25) is 0 Å². The number of hydrogen-bond donors (Lipinski definition) is 1. The van der Waals surface area contributed by atoms with Gasteiger partial charge in [-0.25, -0.2) is 9.97 Å². The van der Waals surface area contributed by atoms with Gasteiger partial charge in [-0.2, -0.15) is 0 Å². The van der Waals surface area contributed by atoms with Gasteiger partial charge in [0.05, 0.1) is 11.6 Å². The third kappa shape index (κ3) is 2.78. The summed E-state index contributed by atoms with van der Waals surface area (Å²) in [4.78, 5) is 8.57. The summed E-state index contributed by atoms with van der Waals surface area (Å²) in [6.07, 6.45) is 7.45. The lowest BCUT2D eigenvalue weighted by molar-refractivity contribution is -0.149. The molecule has 5 nitrogen and oxygen atoms in total. The molecule has 0 amide bonds. The molecule has 0 bridgehead atoms. The third-order valence-corrected chi connectivity index (χ3v) is 4.33. The standard InChI is InChI=1S/C14H21N3O2/c15-12(13-16-5-1-6-17-13)11-2-7-19-14(10-11)3-8-18-9-4-14/h1,5-6,11-12H,2-4,7-10,15H2. The quantitative estimate of drug-likeness (QED) is 0.874. The van der Waals surface area contributed by atoms with E-state index in [2.05, 4.69) is 9.97 Å². The second-order valence-corrected chi connectivity index (χ2v) is 5.53. The van der Waals surface area contributed by atoms with E-state index in [4.69, 9.17) is 15.2 Å². The number of rotatable bonds is 2. The van der Waals surface area contributed by atoms with E-state index in [0.717, 1.165) is 51.3 Å². The highest BCUT2D eigenvalue weighted by Gasteiger charge is 2.41. The molecule has 0 saturated carbocycles. The first kappa shape index (κ1) is 13.0. The van der Waals surface area contributed by atoms with Crippen LogP contribution in [0.1, 0.15) is 37.5 Å². The smallest absolute Gasteiger partial charge is 0.145 e. The average molecular weight is 263 g/mol. The number of ether oxygens (including phenoxy) is 2. The summed E-state index contributed by atoms with van der Waals surface area (Å²) in [6.45, 7) is 2.37. The molecule has 2 fully saturated rings. The highest BCUT2D eigenvalue weighted by molar-refractivity contribution is 5.00. The summed E-state index contributed by atoms with van der Waals surface area (Å²) in [7, 11) is 0. The first-order valence-electron chi connectivity index (χ1n) is 7.03. The van der Waals surface area contributed by atoms with Crippen molar-refractivity contribution in [2.75, 3.05) is 19.8 Å². The maximum absolute atomic E-state index is 6.35. The highest BCUT2D eigenvalue weighted by atomic mass is 16.5. The van der Waals surface area contributed by atoms with E-state index in [-0.39, 0.29) is 11.6 Å². The van der Waals surface area contributed by atoms with Gasteiger partial charge in [0.25, 0.3) is 0 Å². The Bertz CT molecular complexity index is 401. The fraction of sp³-hybridized carbons (Fsp3) is 0.714. The molecule has 5 heteroatoms. The Balaban J connectivity index is 1.71. The summed E-state index contributed by atoms with van der Waals surface area (Å²) in [5, 5.41) is 0. The summed E-state index contributed by atoms with van der Waals surface area (Å²) < 4.78 is 11.5. The maximum Gasteiger partial charge on any atom is 0.145 e. The molecule has 3 heterocycles. The van der Waals surface area contributed by atoms with Gasteiger partial charge in [-0.1, -0.05) is 0 Å². The molecular weight excluding hydrogens is 242 g/mol. The van der Waals surface area contributed by atoms with E-state index in [9.17, 15) is 0 Å². The molecular formula is C14H21N3O2. The van der Waals surface area contributed by atoms with E-state index in [1.807, 2.05) is 6.07 Å². The second-order valence-electron chi connectivity index (χ2n) is 5.53. The van der Waals surface area contributed by atoms with Crippen LogP contribution in [0.15, 0.2) is 18.5 Å². The normalized spacial score (nSPS) is 28.2. The minimum Gasteiger partial charge on any atom is -0.381 e. The third-order valence-electron chi connectivity index (χ3n) is 4.33. The molecule has 2 atom stereocenters. The Morgan fingerprint density at radius 2 is 1.95 bits per heavy atom. The van der Waals surface area contributed by atoms with Gasteiger partial charge in [-0.15, -0.1) is 0 Å². The second kappa shape index (κ2) is 5.53. The van der Waals surface area contributed by atoms with Crippen molar-refractivity contribution in [3.05, 3.63) is 24.3 Å². The Morgan fingerprint density at radius 3 is 2.68 bits per heavy atom. The maximum atomic E-state index is 6.35. The first-order chi connectivity index (χ1) is 9.29. The summed E-state index contributed by atoms with van der Waals surface area (Å²) in [6, 6.07) is 1.73. The fourth-order valence-corrected chi connectivity index (χ4v) is 3.16. The van der Waals surface area contributed by atoms with Crippen LogP contribution >= 0.6 is 0 Å². The average Bonchev–Trinajstić information content (AvgIpc) is 2.48. The van der Waals surface area contributed by atoms with Crippen LogP contribution < -0.4 is 5.73 Å². The highest BCUT2D eigenvalue weighted by Crippen LogP contribution is 2.40. The minimum atomic E-state index is -0.0928. The van der Waals surface area contributed by atoms with Crippen molar-refractivity contribution >= 4 is 0 Å². The molecule has 2 aliphatic rings. The Kier molecular flexibility index (Phi) is 3.77. The topological polar surface area (TPSA) is 70.3 Å². The molecule has 0 radical (unpaired) electrons. The van der Waals surface area contributed by atoms with Crippen LogP contribution in [-0.4, -0.2) is 35.4 Å². The van der Waals surface area contributed by atoms with Crippen LogP contribution in [0.25, 0.3) is 0 Å². The number of nitrogens with zero attached hydrogens (tertiary/aromatic N) is 2. The molecule has 1 aromatic heterocycles. The number of nitrogens with two attached hydrogens (primary N) is 1. The van der Waals surface area contributed by atoms with E-state index >= 15 is 0 Å². The van der Waals surface area contributed by atoms with Gasteiger partial charge >= 0.3 is 0 Å². The molecule has 19 heavy (non-hydrogen) atoms. The number of aromatic nitrogens is 2. The van der Waals surface area contributed by atoms with Crippen molar-refractivity contribution in [1.82, 2.24) is 9.97 Å². The zero-order valence-corrected chi connectivity index (χ0v) is 11.1. The molecule has 2 aliphatic heterocycles. The Morgan fingerprint density at radius 1 is 1.21 bits per heavy atom. The first-order valence-corrected chi connectivity index (χ1v) is 7.03. The lowest BCUT2D eigenvalue weighted by Gasteiger charge is -2.44. The van der Waals surface area contributed by atoms with Crippen molar-refractivity contribution in [2.24, 2.45) is 11.7 Å². The Hall–Kier alpha value is -1.04. The molecule has 3 rings (SSSR count). The van der Waals surface area contributed by atoms with Gasteiger partial charge in [0, 0.05) is 32.2 Å². The van der Waals surface area contributed by atoms with E-state index in [1.165, 1.54) is 0 Å². The summed E-state index contributed by atoms with van der Waals surface area (Å²) in [5.41, 5.74) is 6.33.